The summed E-state index contributed by atoms with van der Waals surface area (Å²) in [5, 5.41) is 3.01. The van der Waals surface area contributed by atoms with Gasteiger partial charge >= 0.3 is 0 Å². The monoisotopic (exact) mass is 228 g/mol. The summed E-state index contributed by atoms with van der Waals surface area (Å²) in [6, 6.07) is 0. The van der Waals surface area contributed by atoms with Gasteiger partial charge in [0.25, 0.3) is 0 Å². The SMILES string of the molecule is COCCC1(C(=O)NCC(C)CN)CCC1. The highest BCUT2D eigenvalue weighted by molar-refractivity contribution is 5.83. The molecule has 3 N–H and O–H groups in total. The summed E-state index contributed by atoms with van der Waals surface area (Å²) in [5.41, 5.74) is 5.37. The minimum Gasteiger partial charge on any atom is -0.385 e. The van der Waals surface area contributed by atoms with Crippen LogP contribution < -0.4 is 11.1 Å². The summed E-state index contributed by atoms with van der Waals surface area (Å²) >= 11 is 0. The standard InChI is InChI=1S/C12H24N2O2/c1-10(8-13)9-14-11(15)12(4-3-5-12)6-7-16-2/h10H,3-9,13H2,1-2H3,(H,14,15). The fraction of sp³-hybridized carbons (Fsp3) is 0.917. The molecule has 0 radical (unpaired) electrons. The molecule has 0 spiro atoms. The van der Waals surface area contributed by atoms with Crippen LogP contribution in [-0.4, -0.2) is 32.7 Å². The fourth-order valence-electron chi connectivity index (χ4n) is 2.03. The summed E-state index contributed by atoms with van der Waals surface area (Å²) in [7, 11) is 1.68. The number of carbonyl (C=O) groups is 1. The molecule has 1 amide bonds. The molecule has 0 aromatic heterocycles. The van der Waals surface area contributed by atoms with Gasteiger partial charge in [0.05, 0.1) is 5.41 Å². The largest absolute Gasteiger partial charge is 0.385 e. The molecule has 0 heterocycles. The number of ether oxygens (including phenoxy) is 1. The van der Waals surface area contributed by atoms with E-state index in [9.17, 15) is 4.79 Å². The highest BCUT2D eigenvalue weighted by Crippen LogP contribution is 2.44. The van der Waals surface area contributed by atoms with Crippen LogP contribution in [0.15, 0.2) is 0 Å². The quantitative estimate of drug-likeness (QED) is 0.680. The van der Waals surface area contributed by atoms with E-state index < -0.39 is 0 Å². The van der Waals surface area contributed by atoms with Gasteiger partial charge in [-0.15, -0.1) is 0 Å². The van der Waals surface area contributed by atoms with E-state index in [4.69, 9.17) is 10.5 Å². The van der Waals surface area contributed by atoms with Crippen molar-refractivity contribution in [3.63, 3.8) is 0 Å². The Morgan fingerprint density at radius 1 is 1.56 bits per heavy atom. The molecule has 94 valence electrons. The number of hydrogen-bond donors (Lipinski definition) is 2. The molecule has 4 heteroatoms. The van der Waals surface area contributed by atoms with Gasteiger partial charge in [-0.1, -0.05) is 13.3 Å². The maximum absolute atomic E-state index is 12.1. The van der Waals surface area contributed by atoms with Crippen molar-refractivity contribution in [2.75, 3.05) is 26.8 Å². The van der Waals surface area contributed by atoms with E-state index in [1.54, 1.807) is 7.11 Å². The Bertz CT molecular complexity index is 227. The molecule has 16 heavy (non-hydrogen) atoms. The molecule has 1 unspecified atom stereocenters. The van der Waals surface area contributed by atoms with E-state index in [1.807, 2.05) is 6.92 Å². The summed E-state index contributed by atoms with van der Waals surface area (Å²) in [5.74, 6) is 0.541. The zero-order valence-corrected chi connectivity index (χ0v) is 10.4. The number of methoxy groups -OCH3 is 1. The molecule has 4 nitrogen and oxygen atoms in total. The van der Waals surface area contributed by atoms with E-state index in [1.165, 1.54) is 0 Å². The second-order valence-electron chi connectivity index (χ2n) is 4.93. The molecule has 1 fully saturated rings. The molecule has 0 bridgehead atoms. The van der Waals surface area contributed by atoms with Crippen LogP contribution in [0.3, 0.4) is 0 Å². The average Bonchev–Trinajstić information content (AvgIpc) is 2.24. The van der Waals surface area contributed by atoms with Gasteiger partial charge in [0.15, 0.2) is 0 Å². The predicted octanol–water partition coefficient (Wildman–Crippen LogP) is 0.904. The summed E-state index contributed by atoms with van der Waals surface area (Å²) in [6.45, 7) is 4.01. The Kier molecular flexibility index (Phi) is 5.22. The Labute approximate surface area is 97.9 Å². The van der Waals surface area contributed by atoms with Crippen LogP contribution in [-0.2, 0) is 9.53 Å². The maximum atomic E-state index is 12.1. The lowest BCUT2D eigenvalue weighted by Crippen LogP contribution is -2.47. The minimum absolute atomic E-state index is 0.148. The van der Waals surface area contributed by atoms with Crippen molar-refractivity contribution in [1.82, 2.24) is 5.32 Å². The van der Waals surface area contributed by atoms with Crippen LogP contribution in [0.4, 0.5) is 0 Å². The number of rotatable bonds is 7. The van der Waals surface area contributed by atoms with Gasteiger partial charge in [-0.3, -0.25) is 4.79 Å². The molecular formula is C12H24N2O2. The topological polar surface area (TPSA) is 64.3 Å². The van der Waals surface area contributed by atoms with E-state index in [-0.39, 0.29) is 11.3 Å². The maximum Gasteiger partial charge on any atom is 0.226 e. The van der Waals surface area contributed by atoms with E-state index in [0.717, 1.165) is 25.7 Å². The summed E-state index contributed by atoms with van der Waals surface area (Å²) in [4.78, 5) is 12.1. The van der Waals surface area contributed by atoms with Gasteiger partial charge in [-0.05, 0) is 31.7 Å². The van der Waals surface area contributed by atoms with Crippen LogP contribution in [0.2, 0.25) is 0 Å². The van der Waals surface area contributed by atoms with Gasteiger partial charge in [-0.2, -0.15) is 0 Å². The van der Waals surface area contributed by atoms with Crippen LogP contribution in [0.1, 0.15) is 32.6 Å². The Morgan fingerprint density at radius 2 is 2.25 bits per heavy atom. The Morgan fingerprint density at radius 3 is 2.69 bits per heavy atom. The highest BCUT2D eigenvalue weighted by Gasteiger charge is 2.43. The van der Waals surface area contributed by atoms with E-state index >= 15 is 0 Å². The smallest absolute Gasteiger partial charge is 0.226 e. The third-order valence-corrected chi connectivity index (χ3v) is 3.59. The van der Waals surface area contributed by atoms with Gasteiger partial charge in [-0.25, -0.2) is 0 Å². The van der Waals surface area contributed by atoms with Crippen molar-refractivity contribution in [3.05, 3.63) is 0 Å². The number of carbonyl (C=O) groups excluding carboxylic acids is 1. The summed E-state index contributed by atoms with van der Waals surface area (Å²) in [6.07, 6.45) is 3.99. The zero-order chi connectivity index (χ0) is 12.0. The third kappa shape index (κ3) is 3.19. The lowest BCUT2D eigenvalue weighted by molar-refractivity contribution is -0.137. The number of amides is 1. The molecule has 1 saturated carbocycles. The van der Waals surface area contributed by atoms with Crippen molar-refractivity contribution < 1.29 is 9.53 Å². The molecule has 0 saturated heterocycles. The molecular weight excluding hydrogens is 204 g/mol. The molecule has 1 aliphatic carbocycles. The Hall–Kier alpha value is -0.610. The van der Waals surface area contributed by atoms with Crippen LogP contribution in [0.25, 0.3) is 0 Å². The first-order valence-corrected chi connectivity index (χ1v) is 6.12. The summed E-state index contributed by atoms with van der Waals surface area (Å²) < 4.78 is 5.07. The molecule has 0 aliphatic heterocycles. The van der Waals surface area contributed by atoms with Crippen molar-refractivity contribution in [2.45, 2.75) is 32.6 Å². The second-order valence-corrected chi connectivity index (χ2v) is 4.93. The van der Waals surface area contributed by atoms with Crippen LogP contribution in [0.5, 0.6) is 0 Å². The van der Waals surface area contributed by atoms with Crippen LogP contribution >= 0.6 is 0 Å². The van der Waals surface area contributed by atoms with Crippen molar-refractivity contribution in [2.24, 2.45) is 17.1 Å². The van der Waals surface area contributed by atoms with Crippen LogP contribution in [0, 0.1) is 11.3 Å². The molecule has 1 atom stereocenters. The first kappa shape index (κ1) is 13.5. The third-order valence-electron chi connectivity index (χ3n) is 3.59. The highest BCUT2D eigenvalue weighted by atomic mass is 16.5. The Balaban J connectivity index is 2.37. The average molecular weight is 228 g/mol. The van der Waals surface area contributed by atoms with Gasteiger partial charge in [0, 0.05) is 20.3 Å². The first-order chi connectivity index (χ1) is 7.64. The normalized spacial score (nSPS) is 19.9. The minimum atomic E-state index is -0.148. The fourth-order valence-corrected chi connectivity index (χ4v) is 2.03. The lowest BCUT2D eigenvalue weighted by Gasteiger charge is -2.40. The second kappa shape index (κ2) is 6.21. The van der Waals surface area contributed by atoms with Gasteiger partial charge < -0.3 is 15.8 Å². The molecule has 1 aliphatic rings. The van der Waals surface area contributed by atoms with Gasteiger partial charge in [0.1, 0.15) is 0 Å². The van der Waals surface area contributed by atoms with Crippen molar-refractivity contribution in [1.29, 1.82) is 0 Å². The number of hydrogen-bond acceptors (Lipinski definition) is 3. The van der Waals surface area contributed by atoms with Crippen molar-refractivity contribution >= 4 is 5.91 Å². The number of nitrogens with two attached hydrogens (primary N) is 1. The van der Waals surface area contributed by atoms with E-state index in [2.05, 4.69) is 5.32 Å². The molecule has 0 aromatic rings. The van der Waals surface area contributed by atoms with E-state index in [0.29, 0.717) is 25.6 Å². The molecule has 1 rings (SSSR count). The number of nitrogens with one attached hydrogen (secondary N) is 1. The zero-order valence-electron chi connectivity index (χ0n) is 10.4. The van der Waals surface area contributed by atoms with Crippen molar-refractivity contribution in [3.8, 4) is 0 Å². The molecule has 0 aromatic carbocycles. The van der Waals surface area contributed by atoms with Gasteiger partial charge in [0.2, 0.25) is 5.91 Å². The lowest BCUT2D eigenvalue weighted by atomic mass is 9.66. The first-order valence-electron chi connectivity index (χ1n) is 6.12. The predicted molar refractivity (Wildman–Crippen MR) is 64.0 cm³/mol.